The van der Waals surface area contributed by atoms with Crippen molar-refractivity contribution in [2.75, 3.05) is 18.0 Å². The quantitative estimate of drug-likeness (QED) is 0.439. The van der Waals surface area contributed by atoms with E-state index in [1.165, 1.54) is 18.6 Å². The van der Waals surface area contributed by atoms with E-state index in [4.69, 9.17) is 10.5 Å². The van der Waals surface area contributed by atoms with Gasteiger partial charge in [0.1, 0.15) is 12.4 Å². The van der Waals surface area contributed by atoms with E-state index in [1.807, 2.05) is 49.4 Å². The fraction of sp³-hybridized carbons (Fsp3) is 0.310. The minimum atomic E-state index is -1.00. The van der Waals surface area contributed by atoms with Crippen molar-refractivity contribution in [2.45, 2.75) is 44.6 Å². The molecule has 182 valence electrons. The number of aromatic carboxylic acids is 1. The van der Waals surface area contributed by atoms with Gasteiger partial charge in [-0.25, -0.2) is 4.79 Å². The first-order valence-electron chi connectivity index (χ1n) is 12.1. The molecule has 3 N–H and O–H groups in total. The molecule has 3 aromatic rings. The molecule has 35 heavy (non-hydrogen) atoms. The molecule has 0 radical (unpaired) electrons. The zero-order chi connectivity index (χ0) is 24.8. The lowest BCUT2D eigenvalue weighted by atomic mass is 9.81. The predicted octanol–water partition coefficient (Wildman–Crippen LogP) is 5.33. The number of benzene rings is 3. The van der Waals surface area contributed by atoms with Crippen molar-refractivity contribution in [1.82, 2.24) is 0 Å². The van der Waals surface area contributed by atoms with Crippen LogP contribution in [0.1, 0.15) is 65.1 Å². The van der Waals surface area contributed by atoms with Gasteiger partial charge in [-0.2, -0.15) is 0 Å². The second-order valence-electron chi connectivity index (χ2n) is 9.14. The third kappa shape index (κ3) is 5.83. The van der Waals surface area contributed by atoms with E-state index in [0.717, 1.165) is 48.5 Å². The fourth-order valence-corrected chi connectivity index (χ4v) is 4.86. The zero-order valence-electron chi connectivity index (χ0n) is 20.0. The standard InChI is InChI=1S/C29H32N2O4/c1-20(27(28(30)32)22-10-12-23(13-11-22)29(33)34)25-18-24(35-19-21-8-4-2-5-9-21)14-15-26(25)31-16-6-3-7-17-31/h2,4-5,8-15,18,20,27H,3,6-7,16-17,19H2,1H3,(H2,30,32)(H,33,34). The Balaban J connectivity index is 1.68. The van der Waals surface area contributed by atoms with E-state index < -0.39 is 17.8 Å². The van der Waals surface area contributed by atoms with Gasteiger partial charge in [0.2, 0.25) is 5.91 Å². The Morgan fingerprint density at radius 3 is 2.29 bits per heavy atom. The number of carboxylic acid groups (broad SMARTS) is 1. The number of ether oxygens (including phenoxy) is 1. The molecule has 0 bridgehead atoms. The van der Waals surface area contributed by atoms with Crippen LogP contribution >= 0.6 is 0 Å². The number of carboxylic acids is 1. The maximum Gasteiger partial charge on any atom is 0.335 e. The van der Waals surface area contributed by atoms with Crippen LogP contribution in [0.3, 0.4) is 0 Å². The first-order chi connectivity index (χ1) is 16.9. The number of nitrogens with zero attached hydrogens (tertiary/aromatic N) is 1. The third-order valence-corrected chi connectivity index (χ3v) is 6.76. The number of piperidine rings is 1. The Morgan fingerprint density at radius 1 is 0.971 bits per heavy atom. The summed E-state index contributed by atoms with van der Waals surface area (Å²) in [4.78, 5) is 26.3. The van der Waals surface area contributed by atoms with Gasteiger partial charge in [0.25, 0.3) is 0 Å². The average molecular weight is 473 g/mol. The molecule has 0 aromatic heterocycles. The highest BCUT2D eigenvalue weighted by molar-refractivity contribution is 5.88. The van der Waals surface area contributed by atoms with E-state index in [9.17, 15) is 14.7 Å². The molecule has 4 rings (SSSR count). The molecule has 1 aliphatic heterocycles. The Kier molecular flexibility index (Phi) is 7.70. The Labute approximate surface area is 206 Å². The number of carbonyl (C=O) groups is 2. The third-order valence-electron chi connectivity index (χ3n) is 6.76. The molecule has 0 saturated carbocycles. The van der Waals surface area contributed by atoms with Crippen LogP contribution < -0.4 is 15.4 Å². The van der Waals surface area contributed by atoms with Crippen molar-refractivity contribution in [3.63, 3.8) is 0 Å². The van der Waals surface area contributed by atoms with Crippen LogP contribution in [0, 0.1) is 0 Å². The van der Waals surface area contributed by atoms with E-state index in [1.54, 1.807) is 12.1 Å². The highest BCUT2D eigenvalue weighted by Crippen LogP contribution is 2.40. The monoisotopic (exact) mass is 472 g/mol. The van der Waals surface area contributed by atoms with Gasteiger partial charge in [-0.15, -0.1) is 0 Å². The molecule has 1 saturated heterocycles. The highest BCUT2D eigenvalue weighted by atomic mass is 16.5. The van der Waals surface area contributed by atoms with Gasteiger partial charge in [0, 0.05) is 18.8 Å². The molecule has 0 aliphatic carbocycles. The summed E-state index contributed by atoms with van der Waals surface area (Å²) in [7, 11) is 0. The van der Waals surface area contributed by atoms with Crippen LogP contribution in [0.15, 0.2) is 72.8 Å². The van der Waals surface area contributed by atoms with E-state index in [-0.39, 0.29) is 11.5 Å². The Morgan fingerprint density at radius 2 is 1.66 bits per heavy atom. The van der Waals surface area contributed by atoms with Gasteiger partial charge in [-0.3, -0.25) is 4.79 Å². The molecule has 6 nitrogen and oxygen atoms in total. The van der Waals surface area contributed by atoms with Crippen molar-refractivity contribution in [3.05, 3.63) is 95.1 Å². The lowest BCUT2D eigenvalue weighted by Gasteiger charge is -2.33. The molecule has 0 spiro atoms. The summed E-state index contributed by atoms with van der Waals surface area (Å²) >= 11 is 0. The van der Waals surface area contributed by atoms with Gasteiger partial charge >= 0.3 is 5.97 Å². The van der Waals surface area contributed by atoms with Gasteiger partial charge in [0.15, 0.2) is 0 Å². The smallest absolute Gasteiger partial charge is 0.335 e. The Bertz CT molecular complexity index is 1160. The fourth-order valence-electron chi connectivity index (χ4n) is 4.86. The van der Waals surface area contributed by atoms with Gasteiger partial charge in [-0.1, -0.05) is 49.4 Å². The second-order valence-corrected chi connectivity index (χ2v) is 9.14. The summed E-state index contributed by atoms with van der Waals surface area (Å²) in [5, 5.41) is 9.24. The summed E-state index contributed by atoms with van der Waals surface area (Å²) in [6.07, 6.45) is 3.49. The minimum absolute atomic E-state index is 0.176. The maximum atomic E-state index is 12.7. The first-order valence-corrected chi connectivity index (χ1v) is 12.1. The molecule has 3 aromatic carbocycles. The SMILES string of the molecule is CC(c1cc(OCc2ccccc2)ccc1N1CCCCC1)C(C(N)=O)c1ccc(C(=O)O)cc1. The Hall–Kier alpha value is -3.80. The lowest BCUT2D eigenvalue weighted by molar-refractivity contribution is -0.119. The molecule has 2 unspecified atom stereocenters. The van der Waals surface area contributed by atoms with E-state index in [2.05, 4.69) is 11.0 Å². The number of rotatable bonds is 9. The number of amides is 1. The topological polar surface area (TPSA) is 92.9 Å². The summed E-state index contributed by atoms with van der Waals surface area (Å²) in [5.74, 6) is -1.55. The molecule has 1 aliphatic rings. The second kappa shape index (κ2) is 11.1. The minimum Gasteiger partial charge on any atom is -0.489 e. The van der Waals surface area contributed by atoms with Crippen LogP contribution in [0.2, 0.25) is 0 Å². The summed E-state index contributed by atoms with van der Waals surface area (Å²) in [6.45, 7) is 4.40. The predicted molar refractivity (Wildman–Crippen MR) is 137 cm³/mol. The van der Waals surface area contributed by atoms with E-state index >= 15 is 0 Å². The van der Waals surface area contributed by atoms with Crippen molar-refractivity contribution in [1.29, 1.82) is 0 Å². The number of primary amides is 1. The van der Waals surface area contributed by atoms with Crippen molar-refractivity contribution in [3.8, 4) is 5.75 Å². The van der Waals surface area contributed by atoms with Crippen LogP contribution in [-0.2, 0) is 11.4 Å². The number of hydrogen-bond donors (Lipinski definition) is 2. The maximum absolute atomic E-state index is 12.7. The number of hydrogen-bond acceptors (Lipinski definition) is 4. The van der Waals surface area contributed by atoms with Crippen LogP contribution in [0.5, 0.6) is 5.75 Å². The van der Waals surface area contributed by atoms with Crippen LogP contribution in [0.4, 0.5) is 5.69 Å². The summed E-state index contributed by atoms with van der Waals surface area (Å²) < 4.78 is 6.11. The average Bonchev–Trinajstić information content (AvgIpc) is 2.88. The largest absolute Gasteiger partial charge is 0.489 e. The summed E-state index contributed by atoms with van der Waals surface area (Å²) in [5.41, 5.74) is 9.96. The molecule has 1 fully saturated rings. The van der Waals surface area contributed by atoms with Gasteiger partial charge in [0.05, 0.1) is 11.5 Å². The zero-order valence-corrected chi connectivity index (χ0v) is 20.0. The lowest BCUT2D eigenvalue weighted by Crippen LogP contribution is -2.32. The summed E-state index contributed by atoms with van der Waals surface area (Å²) in [6, 6.07) is 22.5. The number of anilines is 1. The molecule has 1 amide bonds. The number of nitrogens with two attached hydrogens (primary N) is 1. The highest BCUT2D eigenvalue weighted by Gasteiger charge is 2.30. The molecule has 1 heterocycles. The molecule has 2 atom stereocenters. The molecular weight excluding hydrogens is 440 g/mol. The first kappa shape index (κ1) is 24.3. The van der Waals surface area contributed by atoms with Crippen LogP contribution in [-0.4, -0.2) is 30.1 Å². The molecule has 6 heteroatoms. The van der Waals surface area contributed by atoms with Crippen LogP contribution in [0.25, 0.3) is 0 Å². The van der Waals surface area contributed by atoms with Crippen molar-refractivity contribution in [2.24, 2.45) is 5.73 Å². The van der Waals surface area contributed by atoms with E-state index in [0.29, 0.717) is 12.2 Å². The van der Waals surface area contributed by atoms with Gasteiger partial charge in [-0.05, 0) is 72.2 Å². The van der Waals surface area contributed by atoms with Crippen molar-refractivity contribution >= 4 is 17.6 Å². The normalized spacial score (nSPS) is 15.3. The molecular formula is C29H32N2O4. The number of carbonyl (C=O) groups excluding carboxylic acids is 1. The van der Waals surface area contributed by atoms with Gasteiger partial charge < -0.3 is 20.5 Å². The van der Waals surface area contributed by atoms with Crippen molar-refractivity contribution < 1.29 is 19.4 Å².